The van der Waals surface area contributed by atoms with Crippen LogP contribution in [-0.2, 0) is 9.59 Å². The number of hydrogen-bond donors (Lipinski definition) is 6. The number of carboxylic acids is 1. The molecule has 2 atom stereocenters. The Labute approximate surface area is 194 Å². The summed E-state index contributed by atoms with van der Waals surface area (Å²) < 4.78 is 0. The molecule has 178 valence electrons. The van der Waals surface area contributed by atoms with Crippen LogP contribution in [0.25, 0.3) is 0 Å². The highest BCUT2D eigenvalue weighted by Gasteiger charge is 2.22. The van der Waals surface area contributed by atoms with Crippen molar-refractivity contribution in [2.75, 3.05) is 12.3 Å². The van der Waals surface area contributed by atoms with Gasteiger partial charge in [0.25, 0.3) is 5.91 Å². The quantitative estimate of drug-likeness (QED) is 0.140. The number of phenolic OH excluding ortho intramolecular Hbond substituents is 3. The maximum Gasteiger partial charge on any atom is 0.326 e. The Morgan fingerprint density at radius 1 is 1.06 bits per heavy atom. The Hall–Kier alpha value is -2.27. The fourth-order valence-electron chi connectivity index (χ4n) is 3.25. The summed E-state index contributed by atoms with van der Waals surface area (Å²) in [6, 6.07) is 0.706. The largest absolute Gasteiger partial charge is 0.504 e. The Balaban J connectivity index is 1.63. The Morgan fingerprint density at radius 3 is 2.41 bits per heavy atom. The van der Waals surface area contributed by atoms with E-state index in [1.54, 1.807) is 0 Å². The number of carbonyl (C=O) groups is 3. The summed E-state index contributed by atoms with van der Waals surface area (Å²) in [4.78, 5) is 35.6. The molecule has 1 aromatic rings. The second-order valence-corrected chi connectivity index (χ2v) is 10.4. The third-order valence-corrected chi connectivity index (χ3v) is 8.09. The van der Waals surface area contributed by atoms with Gasteiger partial charge < -0.3 is 31.1 Å². The highest BCUT2D eigenvalue weighted by Crippen LogP contribution is 2.40. The highest BCUT2D eigenvalue weighted by molar-refractivity contribution is 8.77. The molecule has 1 fully saturated rings. The number of carbonyl (C=O) groups excluding carboxylic acids is 2. The van der Waals surface area contributed by atoms with E-state index in [4.69, 9.17) is 0 Å². The zero-order valence-corrected chi connectivity index (χ0v) is 19.3. The molecule has 0 saturated carbocycles. The van der Waals surface area contributed by atoms with E-state index in [1.807, 2.05) is 21.6 Å². The number of phenols is 3. The monoisotopic (exact) mass is 486 g/mol. The molecule has 2 amide bonds. The lowest BCUT2D eigenvalue weighted by atomic mass is 10.1. The van der Waals surface area contributed by atoms with Gasteiger partial charge in [-0.3, -0.25) is 9.59 Å². The van der Waals surface area contributed by atoms with Gasteiger partial charge in [0.2, 0.25) is 5.91 Å². The van der Waals surface area contributed by atoms with Gasteiger partial charge in [0.1, 0.15) is 6.04 Å². The van der Waals surface area contributed by atoms with Crippen molar-refractivity contribution in [3.05, 3.63) is 17.7 Å². The fourth-order valence-corrected chi connectivity index (χ4v) is 6.27. The van der Waals surface area contributed by atoms with Crippen LogP contribution in [-0.4, -0.2) is 61.8 Å². The SMILES string of the molecule is O=C(CCCCC1CCSS1)NCCCCC(NC(=O)c1cc(O)c(O)c(O)c1)C(=O)O. The third kappa shape index (κ3) is 8.70. The molecule has 0 aliphatic carbocycles. The lowest BCUT2D eigenvalue weighted by Crippen LogP contribution is -2.40. The number of rotatable bonds is 13. The van der Waals surface area contributed by atoms with Crippen LogP contribution in [0.5, 0.6) is 17.2 Å². The standard InChI is InChI=1S/C21H30N2O7S2/c24-16-11-13(12-17(25)19(16)27)20(28)23-15(21(29)30)6-3-4-9-22-18(26)7-2-1-5-14-8-10-31-32-14/h11-12,14-15,24-25,27H,1-10H2,(H,22,26)(H,23,28)(H,29,30). The summed E-state index contributed by atoms with van der Waals surface area (Å²) in [5.74, 6) is -2.94. The van der Waals surface area contributed by atoms with Crippen LogP contribution in [0.4, 0.5) is 0 Å². The zero-order chi connectivity index (χ0) is 23.5. The van der Waals surface area contributed by atoms with Crippen LogP contribution in [0.3, 0.4) is 0 Å². The Morgan fingerprint density at radius 2 is 1.78 bits per heavy atom. The van der Waals surface area contributed by atoms with E-state index in [-0.39, 0.29) is 17.9 Å². The first kappa shape index (κ1) is 26.0. The van der Waals surface area contributed by atoms with Crippen LogP contribution in [0.1, 0.15) is 61.7 Å². The van der Waals surface area contributed by atoms with E-state index in [9.17, 15) is 34.8 Å². The molecule has 2 rings (SSSR count). The number of carboxylic acid groups (broad SMARTS) is 1. The smallest absolute Gasteiger partial charge is 0.326 e. The molecule has 0 aromatic heterocycles. The molecule has 1 saturated heterocycles. The van der Waals surface area contributed by atoms with E-state index in [2.05, 4.69) is 10.6 Å². The van der Waals surface area contributed by atoms with Crippen molar-refractivity contribution >= 4 is 39.4 Å². The number of amides is 2. The molecular formula is C21H30N2O7S2. The Bertz CT molecular complexity index is 777. The van der Waals surface area contributed by atoms with Crippen LogP contribution in [0, 0.1) is 0 Å². The van der Waals surface area contributed by atoms with Crippen molar-refractivity contribution in [1.29, 1.82) is 0 Å². The maximum absolute atomic E-state index is 12.2. The van der Waals surface area contributed by atoms with E-state index in [1.165, 1.54) is 12.2 Å². The van der Waals surface area contributed by atoms with Crippen molar-refractivity contribution in [2.45, 2.75) is 62.7 Å². The summed E-state index contributed by atoms with van der Waals surface area (Å²) in [7, 11) is 3.86. The van der Waals surface area contributed by atoms with Crippen LogP contribution < -0.4 is 10.6 Å². The minimum atomic E-state index is -1.21. The molecule has 0 bridgehead atoms. The van der Waals surface area contributed by atoms with Gasteiger partial charge in [0, 0.05) is 29.5 Å². The van der Waals surface area contributed by atoms with Gasteiger partial charge in [-0.2, -0.15) is 0 Å². The third-order valence-electron chi connectivity index (χ3n) is 5.08. The first-order valence-electron chi connectivity index (χ1n) is 10.6. The molecule has 11 heteroatoms. The molecule has 32 heavy (non-hydrogen) atoms. The molecule has 6 N–H and O–H groups in total. The van der Waals surface area contributed by atoms with Gasteiger partial charge in [0.15, 0.2) is 17.2 Å². The number of benzene rings is 1. The number of aliphatic carboxylic acids is 1. The van der Waals surface area contributed by atoms with Crippen molar-refractivity contribution in [3.63, 3.8) is 0 Å². The summed E-state index contributed by atoms with van der Waals surface area (Å²) in [5.41, 5.74) is -0.179. The predicted molar refractivity (Wildman–Crippen MR) is 124 cm³/mol. The predicted octanol–water partition coefficient (Wildman–Crippen LogP) is 2.99. The van der Waals surface area contributed by atoms with Crippen molar-refractivity contribution < 1.29 is 34.8 Å². The van der Waals surface area contributed by atoms with Gasteiger partial charge in [0.05, 0.1) is 0 Å². The second-order valence-electron chi connectivity index (χ2n) is 7.65. The summed E-state index contributed by atoms with van der Waals surface area (Å²) >= 11 is 0. The van der Waals surface area contributed by atoms with Gasteiger partial charge in [-0.15, -0.1) is 0 Å². The average molecular weight is 487 g/mol. The first-order valence-corrected chi connectivity index (χ1v) is 13.0. The van der Waals surface area contributed by atoms with E-state index in [0.717, 1.165) is 36.6 Å². The average Bonchev–Trinajstić information content (AvgIpc) is 3.27. The topological polar surface area (TPSA) is 156 Å². The van der Waals surface area contributed by atoms with Gasteiger partial charge in [-0.25, -0.2) is 4.79 Å². The number of aromatic hydroxyl groups is 3. The molecule has 1 aromatic carbocycles. The Kier molecular flexibility index (Phi) is 10.8. The molecule has 0 radical (unpaired) electrons. The molecule has 2 unspecified atom stereocenters. The molecule has 1 aliphatic heterocycles. The lowest BCUT2D eigenvalue weighted by molar-refractivity contribution is -0.139. The van der Waals surface area contributed by atoms with Gasteiger partial charge in [-0.1, -0.05) is 28.0 Å². The maximum atomic E-state index is 12.2. The van der Waals surface area contributed by atoms with Crippen LogP contribution in [0.15, 0.2) is 12.1 Å². The summed E-state index contributed by atoms with van der Waals surface area (Å²) in [6.07, 6.45) is 6.00. The van der Waals surface area contributed by atoms with Gasteiger partial charge in [-0.05, 0) is 50.7 Å². The number of hydrogen-bond acceptors (Lipinski definition) is 8. The normalized spacial score (nSPS) is 16.4. The minimum Gasteiger partial charge on any atom is -0.504 e. The second kappa shape index (κ2) is 13.3. The van der Waals surface area contributed by atoms with Gasteiger partial charge >= 0.3 is 5.97 Å². The van der Waals surface area contributed by atoms with Crippen LogP contribution in [0.2, 0.25) is 0 Å². The minimum absolute atomic E-state index is 0.00603. The van der Waals surface area contributed by atoms with Crippen molar-refractivity contribution in [3.8, 4) is 17.2 Å². The molecule has 9 nitrogen and oxygen atoms in total. The first-order chi connectivity index (χ1) is 15.3. The zero-order valence-electron chi connectivity index (χ0n) is 17.7. The number of nitrogens with one attached hydrogen (secondary N) is 2. The fraction of sp³-hybridized carbons (Fsp3) is 0.571. The van der Waals surface area contributed by atoms with E-state index >= 15 is 0 Å². The lowest BCUT2D eigenvalue weighted by Gasteiger charge is -2.15. The summed E-state index contributed by atoms with van der Waals surface area (Å²) in [5, 5.41) is 43.5. The molecule has 1 aliphatic rings. The van der Waals surface area contributed by atoms with E-state index in [0.29, 0.717) is 25.8 Å². The van der Waals surface area contributed by atoms with Crippen molar-refractivity contribution in [1.82, 2.24) is 10.6 Å². The highest BCUT2D eigenvalue weighted by atomic mass is 33.1. The molecule has 0 spiro atoms. The number of unbranched alkanes of at least 4 members (excludes halogenated alkanes) is 2. The summed E-state index contributed by atoms with van der Waals surface area (Å²) in [6.45, 7) is 0.438. The van der Waals surface area contributed by atoms with E-state index < -0.39 is 35.2 Å². The molecular weight excluding hydrogens is 456 g/mol. The van der Waals surface area contributed by atoms with Crippen LogP contribution >= 0.6 is 21.6 Å². The van der Waals surface area contributed by atoms with Crippen molar-refractivity contribution in [2.24, 2.45) is 0 Å². The molecule has 1 heterocycles.